The van der Waals surface area contributed by atoms with Crippen LogP contribution in [0.5, 0.6) is 0 Å². The number of carbonyl (C=O) groups excluding carboxylic acids is 1. The Balaban J connectivity index is 0. The van der Waals surface area contributed by atoms with Gasteiger partial charge < -0.3 is 4.79 Å². The summed E-state index contributed by atoms with van der Waals surface area (Å²) < 4.78 is 0. The Kier molecular flexibility index (Phi) is 11.5. The second-order valence-corrected chi connectivity index (χ2v) is 2.26. The first kappa shape index (κ1) is 15.2. The molecule has 0 fully saturated rings. The second kappa shape index (κ2) is 9.82. The van der Waals surface area contributed by atoms with Crippen LogP contribution in [0.3, 0.4) is 0 Å². The molecule has 13 heavy (non-hydrogen) atoms. The molecular formula is C11H12OY-2. The monoisotopic (exact) mass is 249 g/mol. The standard InChI is InChI=1S/C9H9.C2H3O.Y/c1-8(2)9-6-4-3-5-7-9;1-2-3;/h3-6H,1H2,2H3;1H3;/q2*-1;. The number of hydrogen-bond acceptors (Lipinski definition) is 1. The van der Waals surface area contributed by atoms with Gasteiger partial charge in [0.15, 0.2) is 0 Å². The molecule has 0 saturated carbocycles. The van der Waals surface area contributed by atoms with Gasteiger partial charge in [-0.15, -0.1) is 48.0 Å². The zero-order chi connectivity index (χ0) is 9.40. The van der Waals surface area contributed by atoms with Crippen molar-refractivity contribution < 1.29 is 37.5 Å². The molecule has 2 heteroatoms. The molecule has 0 heterocycles. The normalized spacial score (nSPS) is 7.23. The van der Waals surface area contributed by atoms with Crippen molar-refractivity contribution in [2.75, 3.05) is 0 Å². The summed E-state index contributed by atoms with van der Waals surface area (Å²) in [4.78, 5) is 8.68. The van der Waals surface area contributed by atoms with Crippen molar-refractivity contribution in [2.24, 2.45) is 0 Å². The summed E-state index contributed by atoms with van der Waals surface area (Å²) in [7, 11) is 0. The van der Waals surface area contributed by atoms with E-state index in [4.69, 9.17) is 4.79 Å². The van der Waals surface area contributed by atoms with Gasteiger partial charge in [0.2, 0.25) is 0 Å². The molecule has 0 aliphatic rings. The topological polar surface area (TPSA) is 17.1 Å². The van der Waals surface area contributed by atoms with Crippen LogP contribution in [-0.2, 0) is 37.5 Å². The molecule has 0 bridgehead atoms. The first-order valence-electron chi connectivity index (χ1n) is 3.64. The molecule has 0 spiro atoms. The summed E-state index contributed by atoms with van der Waals surface area (Å²) in [6.07, 6.45) is 1.50. The molecule has 1 aromatic carbocycles. The van der Waals surface area contributed by atoms with Crippen LogP contribution in [0, 0.1) is 6.07 Å². The van der Waals surface area contributed by atoms with Crippen molar-refractivity contribution in [3.8, 4) is 0 Å². The van der Waals surface area contributed by atoms with E-state index in [1.54, 1.807) is 0 Å². The minimum absolute atomic E-state index is 0. The molecule has 1 rings (SSSR count). The molecule has 1 nitrogen and oxygen atoms in total. The van der Waals surface area contributed by atoms with E-state index in [1.165, 1.54) is 13.2 Å². The quantitative estimate of drug-likeness (QED) is 0.699. The van der Waals surface area contributed by atoms with Crippen LogP contribution in [-0.4, -0.2) is 6.29 Å². The molecule has 1 radical (unpaired) electrons. The third-order valence-electron chi connectivity index (χ3n) is 1.17. The fraction of sp³-hybridized carbons (Fsp3) is 0.182. The van der Waals surface area contributed by atoms with Gasteiger partial charge in [0.1, 0.15) is 0 Å². The maximum Gasteiger partial charge on any atom is 0 e. The maximum absolute atomic E-state index is 8.68. The van der Waals surface area contributed by atoms with E-state index in [1.807, 2.05) is 31.2 Å². The minimum atomic E-state index is 0. The predicted octanol–water partition coefficient (Wildman–Crippen LogP) is 2.63. The van der Waals surface area contributed by atoms with Crippen LogP contribution in [0.4, 0.5) is 0 Å². The Morgan fingerprint density at radius 2 is 2.08 bits per heavy atom. The van der Waals surface area contributed by atoms with E-state index in [-0.39, 0.29) is 32.7 Å². The van der Waals surface area contributed by atoms with Crippen molar-refractivity contribution in [1.29, 1.82) is 0 Å². The van der Waals surface area contributed by atoms with E-state index in [2.05, 4.69) is 12.6 Å². The first-order chi connectivity index (χ1) is 5.72. The zero-order valence-corrected chi connectivity index (χ0v) is 10.8. The van der Waals surface area contributed by atoms with Gasteiger partial charge in [0.25, 0.3) is 0 Å². The van der Waals surface area contributed by atoms with Gasteiger partial charge in [-0.05, 0) is 0 Å². The van der Waals surface area contributed by atoms with Gasteiger partial charge >= 0.3 is 0 Å². The van der Waals surface area contributed by atoms with Gasteiger partial charge in [-0.2, -0.15) is 6.92 Å². The van der Waals surface area contributed by atoms with Crippen LogP contribution in [0.25, 0.3) is 5.57 Å². The maximum atomic E-state index is 8.68. The largest absolute Gasteiger partial charge is 0.542 e. The molecule has 0 amide bonds. The van der Waals surface area contributed by atoms with E-state index in [0.29, 0.717) is 0 Å². The predicted molar refractivity (Wildman–Crippen MR) is 51.4 cm³/mol. The first-order valence-corrected chi connectivity index (χ1v) is 3.64. The SMILES string of the molecule is C=C(C)c1[c-]cccc1.C[C-]=O.[Y]. The summed E-state index contributed by atoms with van der Waals surface area (Å²) in [5.74, 6) is 0. The average Bonchev–Trinajstić information content (AvgIpc) is 2.07. The fourth-order valence-electron chi connectivity index (χ4n) is 0.659. The van der Waals surface area contributed by atoms with E-state index in [0.717, 1.165) is 11.1 Å². The molecule has 0 aliphatic carbocycles. The summed E-state index contributed by atoms with van der Waals surface area (Å²) in [6.45, 7) is 7.09. The fourth-order valence-corrected chi connectivity index (χ4v) is 0.659. The van der Waals surface area contributed by atoms with Crippen molar-refractivity contribution >= 4 is 11.9 Å². The van der Waals surface area contributed by atoms with E-state index < -0.39 is 0 Å². The number of benzene rings is 1. The van der Waals surface area contributed by atoms with Crippen LogP contribution in [0.1, 0.15) is 19.4 Å². The number of allylic oxidation sites excluding steroid dienone is 1. The molecule has 0 aliphatic heterocycles. The summed E-state index contributed by atoms with van der Waals surface area (Å²) in [5, 5.41) is 0. The second-order valence-electron chi connectivity index (χ2n) is 2.26. The summed E-state index contributed by atoms with van der Waals surface area (Å²) >= 11 is 0. The van der Waals surface area contributed by atoms with Crippen molar-refractivity contribution in [3.63, 3.8) is 0 Å². The molecule has 0 saturated heterocycles. The van der Waals surface area contributed by atoms with Crippen molar-refractivity contribution in [1.82, 2.24) is 0 Å². The Labute approximate surface area is 105 Å². The Hall–Kier alpha value is -0.266. The van der Waals surface area contributed by atoms with Gasteiger partial charge in [-0.1, -0.05) is 6.92 Å². The molecule has 0 N–H and O–H groups in total. The van der Waals surface area contributed by atoms with Gasteiger partial charge in [-0.25, -0.2) is 0 Å². The Morgan fingerprint density at radius 3 is 2.31 bits per heavy atom. The summed E-state index contributed by atoms with van der Waals surface area (Å²) in [6, 6.07) is 10.9. The van der Waals surface area contributed by atoms with Crippen molar-refractivity contribution in [2.45, 2.75) is 13.8 Å². The molecule has 0 atom stereocenters. The molecular weight excluding hydrogens is 237 g/mol. The molecule has 0 unspecified atom stereocenters. The Morgan fingerprint density at radius 1 is 1.54 bits per heavy atom. The third kappa shape index (κ3) is 8.07. The van der Waals surface area contributed by atoms with E-state index in [9.17, 15) is 0 Å². The van der Waals surface area contributed by atoms with Crippen LogP contribution < -0.4 is 0 Å². The third-order valence-corrected chi connectivity index (χ3v) is 1.17. The average molecular weight is 249 g/mol. The smallest absolute Gasteiger partial charge is 0 e. The molecule has 1 aromatic rings. The molecule has 67 valence electrons. The Bertz CT molecular complexity index is 242. The van der Waals surface area contributed by atoms with Crippen LogP contribution in [0.15, 0.2) is 30.8 Å². The van der Waals surface area contributed by atoms with Gasteiger partial charge in [0.05, 0.1) is 0 Å². The minimum Gasteiger partial charge on any atom is -0.542 e. The number of hydrogen-bond donors (Lipinski definition) is 0. The van der Waals surface area contributed by atoms with Gasteiger partial charge in [0, 0.05) is 32.7 Å². The molecule has 0 aromatic heterocycles. The summed E-state index contributed by atoms with van der Waals surface area (Å²) in [5.41, 5.74) is 2.16. The van der Waals surface area contributed by atoms with E-state index >= 15 is 0 Å². The van der Waals surface area contributed by atoms with Crippen LogP contribution in [0.2, 0.25) is 0 Å². The van der Waals surface area contributed by atoms with Gasteiger partial charge in [-0.3, -0.25) is 6.29 Å². The zero-order valence-electron chi connectivity index (χ0n) is 8.00. The van der Waals surface area contributed by atoms with Crippen LogP contribution >= 0.6 is 0 Å². The van der Waals surface area contributed by atoms with Crippen molar-refractivity contribution in [3.05, 3.63) is 42.5 Å². The number of rotatable bonds is 1.